The highest BCUT2D eigenvalue weighted by Crippen LogP contribution is 2.44. The predicted octanol–water partition coefficient (Wildman–Crippen LogP) is 6.87. The molecule has 0 aliphatic rings. The minimum absolute atomic E-state index is 0.273. The Morgan fingerprint density at radius 3 is 2.42 bits per heavy atom. The number of ether oxygens (including phenoxy) is 2. The van der Waals surface area contributed by atoms with Crippen LogP contribution in [0.5, 0.6) is 11.5 Å². The number of nitrogens with zero attached hydrogens (tertiary/aromatic N) is 3. The predicted molar refractivity (Wildman–Crippen MR) is 148 cm³/mol. The van der Waals surface area contributed by atoms with E-state index in [1.807, 2.05) is 26.0 Å². The number of hydrogen-bond donors (Lipinski definition) is 2. The number of carbonyl (C=O) groups is 1. The second-order valence-corrected chi connectivity index (χ2v) is 8.31. The number of methoxy groups -OCH3 is 2. The molecule has 0 atom stereocenters. The quantitative estimate of drug-likeness (QED) is 0.233. The van der Waals surface area contributed by atoms with Gasteiger partial charge in [-0.1, -0.05) is 41.9 Å². The Hall–Kier alpha value is -3.88. The van der Waals surface area contributed by atoms with Gasteiger partial charge in [0.25, 0.3) is 0 Å². The Morgan fingerprint density at radius 2 is 1.83 bits per heavy atom. The number of aliphatic imine (C=N–C) groups is 1. The molecular formula is C26H25Cl2N5O3. The number of benzene rings is 2. The average Bonchev–Trinajstić information content (AvgIpc) is 2.87. The fraction of sp³-hybridized carbons (Fsp3) is 0.154. The van der Waals surface area contributed by atoms with Crippen LogP contribution in [-0.4, -0.2) is 36.8 Å². The van der Waals surface area contributed by atoms with Crippen LogP contribution in [0, 0.1) is 6.92 Å². The molecule has 3 rings (SSSR count). The van der Waals surface area contributed by atoms with E-state index in [-0.39, 0.29) is 11.9 Å². The van der Waals surface area contributed by atoms with Gasteiger partial charge in [-0.25, -0.2) is 9.98 Å². The molecule has 1 heterocycles. The fourth-order valence-electron chi connectivity index (χ4n) is 3.44. The molecule has 36 heavy (non-hydrogen) atoms. The van der Waals surface area contributed by atoms with Crippen molar-refractivity contribution in [2.75, 3.05) is 24.9 Å². The lowest BCUT2D eigenvalue weighted by atomic mass is 10.0. The number of aryl methyl sites for hydroxylation is 1. The molecule has 0 saturated carbocycles. The first-order valence-corrected chi connectivity index (χ1v) is 11.4. The van der Waals surface area contributed by atoms with Crippen LogP contribution in [0.1, 0.15) is 23.6 Å². The Kier molecular flexibility index (Phi) is 8.68. The summed E-state index contributed by atoms with van der Waals surface area (Å²) in [5, 5.41) is 6.61. The highest BCUT2D eigenvalue weighted by atomic mass is 35.5. The summed E-state index contributed by atoms with van der Waals surface area (Å²) in [6.07, 6.45) is 4.59. The lowest BCUT2D eigenvalue weighted by molar-refractivity contribution is -0.111. The van der Waals surface area contributed by atoms with Crippen molar-refractivity contribution in [1.29, 1.82) is 0 Å². The van der Waals surface area contributed by atoms with Gasteiger partial charge in [0.15, 0.2) is 5.82 Å². The maximum absolute atomic E-state index is 11.8. The summed E-state index contributed by atoms with van der Waals surface area (Å²) in [7, 11) is 3.03. The number of allylic oxidation sites excluding steroid dienone is 1. The number of carbonyl (C=O) groups excluding carboxylic acids is 1. The normalized spacial score (nSPS) is 11.0. The number of nitrogens with one attached hydrogen (secondary N) is 2. The first kappa shape index (κ1) is 26.7. The van der Waals surface area contributed by atoms with E-state index in [4.69, 9.17) is 32.7 Å². The molecule has 0 fully saturated rings. The van der Waals surface area contributed by atoms with Crippen molar-refractivity contribution >= 4 is 70.6 Å². The molecule has 0 aliphatic heterocycles. The number of hydrogen-bond acceptors (Lipinski definition) is 7. The monoisotopic (exact) mass is 525 g/mol. The SMILES string of the molecule is C=CC(=O)Nc1cccc(C)c1Nc1ncc(/C=C(\C)c2c(Cl)c(OC)cc(OC)c2Cl)c(N=C)n1. The average molecular weight is 526 g/mol. The molecule has 3 aromatic rings. The molecule has 0 spiro atoms. The van der Waals surface area contributed by atoms with Crippen LogP contribution >= 0.6 is 23.2 Å². The molecule has 0 radical (unpaired) electrons. The first-order chi connectivity index (χ1) is 17.2. The second-order valence-electron chi connectivity index (χ2n) is 7.56. The first-order valence-electron chi connectivity index (χ1n) is 10.7. The number of anilines is 3. The Balaban J connectivity index is 2.02. The molecule has 2 N–H and O–H groups in total. The van der Waals surface area contributed by atoms with E-state index in [2.05, 4.69) is 38.9 Å². The Bertz CT molecular complexity index is 1340. The van der Waals surface area contributed by atoms with Crippen molar-refractivity contribution in [3.63, 3.8) is 0 Å². The third-order valence-corrected chi connectivity index (χ3v) is 5.99. The van der Waals surface area contributed by atoms with Crippen molar-refractivity contribution in [2.24, 2.45) is 4.99 Å². The van der Waals surface area contributed by atoms with Gasteiger partial charge in [-0.15, -0.1) is 0 Å². The zero-order valence-corrected chi connectivity index (χ0v) is 21.8. The van der Waals surface area contributed by atoms with Gasteiger partial charge in [0, 0.05) is 23.4 Å². The van der Waals surface area contributed by atoms with E-state index in [1.165, 1.54) is 20.3 Å². The number of amides is 1. The van der Waals surface area contributed by atoms with Gasteiger partial charge in [-0.2, -0.15) is 4.98 Å². The van der Waals surface area contributed by atoms with Gasteiger partial charge in [-0.3, -0.25) is 4.79 Å². The smallest absolute Gasteiger partial charge is 0.247 e. The Morgan fingerprint density at radius 1 is 1.17 bits per heavy atom. The van der Waals surface area contributed by atoms with Crippen LogP contribution in [0.2, 0.25) is 10.0 Å². The summed E-state index contributed by atoms with van der Waals surface area (Å²) in [5.74, 6) is 1.13. The number of aromatic nitrogens is 2. The van der Waals surface area contributed by atoms with Gasteiger partial charge < -0.3 is 20.1 Å². The minimum atomic E-state index is -0.333. The molecule has 0 unspecified atom stereocenters. The van der Waals surface area contributed by atoms with Gasteiger partial charge in [0.2, 0.25) is 11.9 Å². The molecule has 0 aliphatic carbocycles. The maximum Gasteiger partial charge on any atom is 0.247 e. The molecule has 10 heteroatoms. The highest BCUT2D eigenvalue weighted by molar-refractivity contribution is 6.39. The molecule has 0 saturated heterocycles. The summed E-state index contributed by atoms with van der Waals surface area (Å²) >= 11 is 13.1. The fourth-order valence-corrected chi connectivity index (χ4v) is 4.24. The van der Waals surface area contributed by atoms with Crippen molar-refractivity contribution in [3.8, 4) is 11.5 Å². The van der Waals surface area contributed by atoms with Gasteiger partial charge in [0.1, 0.15) is 11.5 Å². The zero-order valence-electron chi connectivity index (χ0n) is 20.3. The van der Waals surface area contributed by atoms with E-state index in [0.717, 1.165) is 5.56 Å². The van der Waals surface area contributed by atoms with E-state index in [9.17, 15) is 4.79 Å². The topological polar surface area (TPSA) is 97.7 Å². The van der Waals surface area contributed by atoms with Gasteiger partial charge in [0.05, 0.1) is 35.6 Å². The minimum Gasteiger partial charge on any atom is -0.495 e. The molecule has 0 bridgehead atoms. The third kappa shape index (κ3) is 5.67. The van der Waals surface area contributed by atoms with Crippen molar-refractivity contribution < 1.29 is 14.3 Å². The number of para-hydroxylation sites is 1. The standard InChI is InChI=1S/C26H25Cl2N5O3/c1-7-20(34)31-17-10-8-9-14(2)24(17)32-26-30-13-16(25(29-4)33-26)11-15(3)21-22(27)18(35-5)12-19(36-6)23(21)28/h7-13H,1,4H2,2-3,5-6H3,(H,31,34)(H,30,32,33)/b15-11+. The summed E-state index contributed by atoms with van der Waals surface area (Å²) in [5.41, 5.74) is 3.94. The van der Waals surface area contributed by atoms with Crippen molar-refractivity contribution in [3.05, 3.63) is 69.9 Å². The summed E-state index contributed by atoms with van der Waals surface area (Å²) in [4.78, 5) is 24.8. The molecule has 1 amide bonds. The largest absolute Gasteiger partial charge is 0.495 e. The third-order valence-electron chi connectivity index (χ3n) is 5.24. The summed E-state index contributed by atoms with van der Waals surface area (Å²) in [6, 6.07) is 7.12. The summed E-state index contributed by atoms with van der Waals surface area (Å²) in [6.45, 7) is 10.9. The zero-order chi connectivity index (χ0) is 26.4. The molecule has 1 aromatic heterocycles. The molecule has 8 nitrogen and oxygen atoms in total. The number of rotatable bonds is 9. The lowest BCUT2D eigenvalue weighted by Gasteiger charge is -2.16. The van der Waals surface area contributed by atoms with Crippen LogP contribution in [0.4, 0.5) is 23.1 Å². The van der Waals surface area contributed by atoms with Gasteiger partial charge >= 0.3 is 0 Å². The maximum atomic E-state index is 11.8. The van der Waals surface area contributed by atoms with Crippen LogP contribution in [-0.2, 0) is 4.79 Å². The van der Waals surface area contributed by atoms with E-state index in [0.29, 0.717) is 55.4 Å². The highest BCUT2D eigenvalue weighted by Gasteiger charge is 2.19. The second kappa shape index (κ2) is 11.7. The molecule has 186 valence electrons. The Labute approximate surface area is 219 Å². The van der Waals surface area contributed by atoms with Gasteiger partial charge in [-0.05, 0) is 49.9 Å². The van der Waals surface area contributed by atoms with Crippen LogP contribution < -0.4 is 20.1 Å². The number of halogens is 2. The van der Waals surface area contributed by atoms with E-state index in [1.54, 1.807) is 24.4 Å². The van der Waals surface area contributed by atoms with Crippen molar-refractivity contribution in [2.45, 2.75) is 13.8 Å². The molecular weight excluding hydrogens is 501 g/mol. The van der Waals surface area contributed by atoms with E-state index >= 15 is 0 Å². The van der Waals surface area contributed by atoms with Crippen LogP contribution in [0.25, 0.3) is 11.6 Å². The lowest BCUT2D eigenvalue weighted by Crippen LogP contribution is -2.10. The van der Waals surface area contributed by atoms with E-state index < -0.39 is 0 Å². The van der Waals surface area contributed by atoms with Crippen LogP contribution in [0.15, 0.2) is 48.1 Å². The molecule has 2 aromatic carbocycles. The van der Waals surface area contributed by atoms with Crippen LogP contribution in [0.3, 0.4) is 0 Å². The summed E-state index contributed by atoms with van der Waals surface area (Å²) < 4.78 is 10.7. The van der Waals surface area contributed by atoms with Crippen molar-refractivity contribution in [1.82, 2.24) is 9.97 Å².